The maximum absolute atomic E-state index is 13.2. The van der Waals surface area contributed by atoms with Gasteiger partial charge in [0.1, 0.15) is 6.04 Å². The van der Waals surface area contributed by atoms with E-state index in [0.29, 0.717) is 12.1 Å². The summed E-state index contributed by atoms with van der Waals surface area (Å²) in [5.74, 6) is 0.622. The summed E-state index contributed by atoms with van der Waals surface area (Å²) in [5.41, 5.74) is 2.49. The van der Waals surface area contributed by atoms with E-state index in [1.54, 1.807) is 4.90 Å². The molecule has 1 fully saturated rings. The fourth-order valence-corrected chi connectivity index (χ4v) is 4.28. The second-order valence-electron chi connectivity index (χ2n) is 7.87. The molecule has 140 valence electrons. The number of amides is 2. The highest BCUT2D eigenvalue weighted by molar-refractivity contribution is 6.04. The number of nitrogens with zero attached hydrogens (tertiary/aromatic N) is 1. The second-order valence-corrected chi connectivity index (χ2v) is 7.87. The second kappa shape index (κ2) is 7.55. The van der Waals surface area contributed by atoms with Crippen molar-refractivity contribution in [3.05, 3.63) is 71.3 Å². The average Bonchev–Trinajstić information content (AvgIpc) is 2.97. The Morgan fingerprint density at radius 2 is 1.67 bits per heavy atom. The lowest BCUT2D eigenvalue weighted by Crippen LogP contribution is -2.44. The van der Waals surface area contributed by atoms with E-state index in [1.165, 1.54) is 0 Å². The van der Waals surface area contributed by atoms with E-state index in [1.807, 2.05) is 54.6 Å². The summed E-state index contributed by atoms with van der Waals surface area (Å²) in [6, 6.07) is 17.0. The van der Waals surface area contributed by atoms with Crippen LogP contribution in [0.3, 0.4) is 0 Å². The van der Waals surface area contributed by atoms with Gasteiger partial charge < -0.3 is 10.2 Å². The molecule has 2 aromatic rings. The van der Waals surface area contributed by atoms with Crippen molar-refractivity contribution in [3.63, 3.8) is 0 Å². The molecule has 4 nitrogen and oxygen atoms in total. The number of carbonyl (C=O) groups is 2. The van der Waals surface area contributed by atoms with Crippen molar-refractivity contribution in [2.24, 2.45) is 5.92 Å². The first-order chi connectivity index (χ1) is 13.1. The predicted octanol–water partition coefficient (Wildman–Crippen LogP) is 4.08. The Morgan fingerprint density at radius 1 is 1.00 bits per heavy atom. The smallest absolute Gasteiger partial charge is 0.255 e. The molecule has 1 heterocycles. The van der Waals surface area contributed by atoms with Crippen LogP contribution in [0.1, 0.15) is 60.1 Å². The molecule has 0 radical (unpaired) electrons. The number of hydrogen-bond donors (Lipinski definition) is 1. The average molecular weight is 362 g/mol. The fourth-order valence-electron chi connectivity index (χ4n) is 4.28. The van der Waals surface area contributed by atoms with Gasteiger partial charge in [0, 0.05) is 18.2 Å². The molecular formula is C23H26N2O2. The van der Waals surface area contributed by atoms with E-state index in [2.05, 4.69) is 12.2 Å². The third-order valence-electron chi connectivity index (χ3n) is 5.86. The molecular weight excluding hydrogens is 336 g/mol. The number of nitrogens with one attached hydrogen (secondary N) is 1. The normalized spacial score (nSPS) is 24.6. The molecule has 0 bridgehead atoms. The first kappa shape index (κ1) is 17.8. The highest BCUT2D eigenvalue weighted by atomic mass is 16.2. The van der Waals surface area contributed by atoms with Gasteiger partial charge in [0.05, 0.1) is 0 Å². The Bertz CT molecular complexity index is 825. The van der Waals surface area contributed by atoms with E-state index >= 15 is 0 Å². The number of hydrogen-bond acceptors (Lipinski definition) is 2. The zero-order chi connectivity index (χ0) is 18.8. The molecule has 27 heavy (non-hydrogen) atoms. The minimum atomic E-state index is -0.548. The Hall–Kier alpha value is -2.62. The lowest BCUT2D eigenvalue weighted by Gasteiger charge is -2.30. The largest absolute Gasteiger partial charge is 0.351 e. The van der Waals surface area contributed by atoms with Crippen LogP contribution in [-0.2, 0) is 11.3 Å². The predicted molar refractivity (Wildman–Crippen MR) is 105 cm³/mol. The molecule has 1 aliphatic heterocycles. The van der Waals surface area contributed by atoms with Crippen molar-refractivity contribution in [2.75, 3.05) is 0 Å². The SMILES string of the molecule is CC1CCC(NC(=O)[C@H]2c3ccccc3C(=O)N2Cc2ccccc2)CC1. The maximum atomic E-state index is 13.2. The molecule has 1 atom stereocenters. The van der Waals surface area contributed by atoms with E-state index in [-0.39, 0.29) is 17.9 Å². The molecule has 0 aromatic heterocycles. The minimum absolute atomic E-state index is 0.0521. The summed E-state index contributed by atoms with van der Waals surface area (Å²) in [5, 5.41) is 3.23. The molecule has 2 amide bonds. The summed E-state index contributed by atoms with van der Waals surface area (Å²) in [6.45, 7) is 2.71. The van der Waals surface area contributed by atoms with E-state index in [0.717, 1.165) is 42.7 Å². The maximum Gasteiger partial charge on any atom is 0.255 e. The van der Waals surface area contributed by atoms with Crippen molar-refractivity contribution >= 4 is 11.8 Å². The molecule has 1 N–H and O–H groups in total. The Balaban J connectivity index is 1.58. The van der Waals surface area contributed by atoms with Crippen LogP contribution in [0.15, 0.2) is 54.6 Å². The van der Waals surface area contributed by atoms with Crippen LogP contribution in [0.25, 0.3) is 0 Å². The molecule has 2 aliphatic rings. The van der Waals surface area contributed by atoms with E-state index < -0.39 is 6.04 Å². The number of fused-ring (bicyclic) bond motifs is 1. The van der Waals surface area contributed by atoms with Gasteiger partial charge in [-0.2, -0.15) is 0 Å². The summed E-state index contributed by atoms with van der Waals surface area (Å²) >= 11 is 0. The molecule has 2 aromatic carbocycles. The molecule has 4 rings (SSSR count). The standard InChI is InChI=1S/C23H26N2O2/c1-16-11-13-18(14-12-16)24-22(26)21-19-9-5-6-10-20(19)23(27)25(21)15-17-7-3-2-4-8-17/h2-10,16,18,21H,11-15H2,1H3,(H,24,26)/t16?,18?,21-/m1/s1. The summed E-state index contributed by atoms with van der Waals surface area (Å²) in [4.78, 5) is 27.9. The van der Waals surface area contributed by atoms with Crippen LogP contribution in [0.4, 0.5) is 0 Å². The topological polar surface area (TPSA) is 49.4 Å². The molecule has 0 spiro atoms. The van der Waals surface area contributed by atoms with E-state index in [9.17, 15) is 9.59 Å². The lowest BCUT2D eigenvalue weighted by molar-refractivity contribution is -0.126. The van der Waals surface area contributed by atoms with Gasteiger partial charge in [-0.25, -0.2) is 0 Å². The van der Waals surface area contributed by atoms with Gasteiger partial charge in [0.15, 0.2) is 0 Å². The van der Waals surface area contributed by atoms with Gasteiger partial charge in [-0.05, 0) is 48.8 Å². The quantitative estimate of drug-likeness (QED) is 0.891. The molecule has 4 heteroatoms. The van der Waals surface area contributed by atoms with Crippen LogP contribution in [0, 0.1) is 5.92 Å². The molecule has 0 saturated heterocycles. The van der Waals surface area contributed by atoms with Crippen molar-refractivity contribution < 1.29 is 9.59 Å². The van der Waals surface area contributed by atoms with Crippen LogP contribution in [-0.4, -0.2) is 22.8 Å². The van der Waals surface area contributed by atoms with Crippen molar-refractivity contribution in [3.8, 4) is 0 Å². The van der Waals surface area contributed by atoms with Crippen molar-refractivity contribution in [1.82, 2.24) is 10.2 Å². The Kier molecular flexibility index (Phi) is 4.97. The zero-order valence-corrected chi connectivity index (χ0v) is 15.7. The van der Waals surface area contributed by atoms with Gasteiger partial charge in [-0.1, -0.05) is 55.5 Å². The monoisotopic (exact) mass is 362 g/mol. The number of benzene rings is 2. The van der Waals surface area contributed by atoms with Gasteiger partial charge in [-0.15, -0.1) is 0 Å². The highest BCUT2D eigenvalue weighted by Crippen LogP contribution is 2.35. The number of rotatable bonds is 4. The van der Waals surface area contributed by atoms with Gasteiger partial charge in [0.25, 0.3) is 5.91 Å². The van der Waals surface area contributed by atoms with Crippen LogP contribution < -0.4 is 5.32 Å². The molecule has 1 aliphatic carbocycles. The van der Waals surface area contributed by atoms with Gasteiger partial charge in [-0.3, -0.25) is 9.59 Å². The Labute approximate surface area is 160 Å². The third-order valence-corrected chi connectivity index (χ3v) is 5.86. The lowest BCUT2D eigenvalue weighted by atomic mass is 9.87. The summed E-state index contributed by atoms with van der Waals surface area (Å²) < 4.78 is 0. The molecule has 0 unspecified atom stereocenters. The number of carbonyl (C=O) groups excluding carboxylic acids is 2. The third kappa shape index (κ3) is 3.61. The fraction of sp³-hybridized carbons (Fsp3) is 0.391. The Morgan fingerprint density at radius 3 is 2.41 bits per heavy atom. The highest BCUT2D eigenvalue weighted by Gasteiger charge is 2.41. The first-order valence-electron chi connectivity index (χ1n) is 9.87. The van der Waals surface area contributed by atoms with Crippen molar-refractivity contribution in [1.29, 1.82) is 0 Å². The van der Waals surface area contributed by atoms with Crippen LogP contribution in [0.5, 0.6) is 0 Å². The van der Waals surface area contributed by atoms with Crippen molar-refractivity contribution in [2.45, 2.75) is 51.2 Å². The first-order valence-corrected chi connectivity index (χ1v) is 9.87. The van der Waals surface area contributed by atoms with Crippen LogP contribution in [0.2, 0.25) is 0 Å². The minimum Gasteiger partial charge on any atom is -0.351 e. The van der Waals surface area contributed by atoms with E-state index in [4.69, 9.17) is 0 Å². The van der Waals surface area contributed by atoms with Gasteiger partial charge >= 0.3 is 0 Å². The molecule has 1 saturated carbocycles. The summed E-state index contributed by atoms with van der Waals surface area (Å²) in [7, 11) is 0. The summed E-state index contributed by atoms with van der Waals surface area (Å²) in [6.07, 6.45) is 4.35. The van der Waals surface area contributed by atoms with Crippen LogP contribution >= 0.6 is 0 Å². The van der Waals surface area contributed by atoms with Gasteiger partial charge in [0.2, 0.25) is 5.91 Å². The zero-order valence-electron chi connectivity index (χ0n) is 15.7.